The zero-order chi connectivity index (χ0) is 12.8. The Morgan fingerprint density at radius 2 is 2.12 bits per heavy atom. The summed E-state index contributed by atoms with van der Waals surface area (Å²) in [6, 6.07) is 0.822. The number of carboxylic acids is 1. The SMILES string of the molecule is NC(=O)CCNC(=O)Nc1sccc1C(=O)O. The molecule has 7 nitrogen and oxygen atoms in total. The summed E-state index contributed by atoms with van der Waals surface area (Å²) >= 11 is 1.10. The topological polar surface area (TPSA) is 122 Å². The van der Waals surface area contributed by atoms with Crippen molar-refractivity contribution < 1.29 is 19.5 Å². The summed E-state index contributed by atoms with van der Waals surface area (Å²) in [5, 5.41) is 15.4. The number of nitrogens with two attached hydrogens (primary N) is 1. The highest BCUT2D eigenvalue weighted by Gasteiger charge is 2.13. The molecule has 0 aliphatic rings. The van der Waals surface area contributed by atoms with Gasteiger partial charge in [0.2, 0.25) is 5.91 Å². The minimum absolute atomic E-state index is 0.0278. The molecule has 0 saturated carbocycles. The summed E-state index contributed by atoms with van der Waals surface area (Å²) < 4.78 is 0. The highest BCUT2D eigenvalue weighted by Crippen LogP contribution is 2.22. The second-order valence-corrected chi connectivity index (χ2v) is 3.98. The van der Waals surface area contributed by atoms with E-state index in [1.165, 1.54) is 6.07 Å². The van der Waals surface area contributed by atoms with E-state index in [-0.39, 0.29) is 23.5 Å². The summed E-state index contributed by atoms with van der Waals surface area (Å²) in [4.78, 5) is 32.5. The number of carbonyl (C=O) groups excluding carboxylic acids is 2. The molecule has 17 heavy (non-hydrogen) atoms. The first kappa shape index (κ1) is 13.0. The fourth-order valence-electron chi connectivity index (χ4n) is 1.02. The molecule has 0 bridgehead atoms. The Hall–Kier alpha value is -2.09. The van der Waals surface area contributed by atoms with Gasteiger partial charge in [-0.2, -0.15) is 0 Å². The molecule has 1 aromatic heterocycles. The van der Waals surface area contributed by atoms with Crippen LogP contribution in [-0.4, -0.2) is 29.6 Å². The van der Waals surface area contributed by atoms with Gasteiger partial charge in [-0.15, -0.1) is 11.3 Å². The molecule has 92 valence electrons. The second-order valence-electron chi connectivity index (χ2n) is 3.07. The van der Waals surface area contributed by atoms with Crippen molar-refractivity contribution in [3.05, 3.63) is 17.0 Å². The van der Waals surface area contributed by atoms with Gasteiger partial charge in [0, 0.05) is 13.0 Å². The molecule has 0 fully saturated rings. The molecule has 1 heterocycles. The molecule has 0 saturated heterocycles. The van der Waals surface area contributed by atoms with E-state index in [1.54, 1.807) is 5.38 Å². The molecule has 1 aromatic rings. The maximum Gasteiger partial charge on any atom is 0.338 e. The quantitative estimate of drug-likeness (QED) is 0.611. The summed E-state index contributed by atoms with van der Waals surface area (Å²) in [7, 11) is 0. The van der Waals surface area contributed by atoms with E-state index < -0.39 is 17.9 Å². The average Bonchev–Trinajstić information content (AvgIpc) is 2.65. The zero-order valence-corrected chi connectivity index (χ0v) is 9.54. The summed E-state index contributed by atoms with van der Waals surface area (Å²) in [5.41, 5.74) is 4.92. The fourth-order valence-corrected chi connectivity index (χ4v) is 1.80. The first-order chi connectivity index (χ1) is 8.00. The number of carboxylic acid groups (broad SMARTS) is 1. The molecule has 0 aliphatic heterocycles. The lowest BCUT2D eigenvalue weighted by atomic mass is 10.3. The maximum absolute atomic E-state index is 11.3. The van der Waals surface area contributed by atoms with Crippen LogP contribution in [0.4, 0.5) is 9.80 Å². The van der Waals surface area contributed by atoms with Gasteiger partial charge in [-0.3, -0.25) is 10.1 Å². The van der Waals surface area contributed by atoms with E-state index >= 15 is 0 Å². The zero-order valence-electron chi connectivity index (χ0n) is 8.73. The van der Waals surface area contributed by atoms with Crippen LogP contribution in [0.15, 0.2) is 11.4 Å². The van der Waals surface area contributed by atoms with Crippen molar-refractivity contribution in [3.63, 3.8) is 0 Å². The summed E-state index contributed by atoms with van der Waals surface area (Å²) in [6.45, 7) is 0.106. The van der Waals surface area contributed by atoms with Crippen LogP contribution in [0.2, 0.25) is 0 Å². The summed E-state index contributed by atoms with van der Waals surface area (Å²) in [6.07, 6.45) is 0.0314. The Balaban J connectivity index is 2.48. The van der Waals surface area contributed by atoms with Crippen LogP contribution < -0.4 is 16.4 Å². The molecule has 1 rings (SSSR count). The minimum atomic E-state index is -1.11. The number of carbonyl (C=O) groups is 3. The Morgan fingerprint density at radius 1 is 1.41 bits per heavy atom. The van der Waals surface area contributed by atoms with E-state index in [2.05, 4.69) is 10.6 Å². The predicted molar refractivity (Wildman–Crippen MR) is 62.1 cm³/mol. The van der Waals surface area contributed by atoms with Gasteiger partial charge in [-0.05, 0) is 11.4 Å². The molecule has 0 radical (unpaired) electrons. The molecule has 0 spiro atoms. The van der Waals surface area contributed by atoms with Crippen LogP contribution >= 0.6 is 11.3 Å². The number of hydrogen-bond acceptors (Lipinski definition) is 4. The fraction of sp³-hybridized carbons (Fsp3) is 0.222. The number of amides is 3. The number of urea groups is 1. The number of hydrogen-bond donors (Lipinski definition) is 4. The van der Waals surface area contributed by atoms with E-state index in [1.807, 2.05) is 0 Å². The number of primary amides is 1. The Kier molecular flexibility index (Phi) is 4.46. The number of rotatable bonds is 5. The van der Waals surface area contributed by atoms with E-state index in [4.69, 9.17) is 10.8 Å². The smallest absolute Gasteiger partial charge is 0.338 e. The van der Waals surface area contributed by atoms with Crippen molar-refractivity contribution in [1.82, 2.24) is 5.32 Å². The van der Waals surface area contributed by atoms with E-state index in [9.17, 15) is 14.4 Å². The van der Waals surface area contributed by atoms with Crippen molar-refractivity contribution in [3.8, 4) is 0 Å². The standard InChI is InChI=1S/C9H11N3O4S/c10-6(13)1-3-11-9(16)12-7-5(8(14)15)2-4-17-7/h2,4H,1,3H2,(H2,10,13)(H,14,15)(H2,11,12,16). The van der Waals surface area contributed by atoms with Gasteiger partial charge < -0.3 is 16.2 Å². The monoisotopic (exact) mass is 257 g/mol. The first-order valence-electron chi connectivity index (χ1n) is 4.64. The van der Waals surface area contributed by atoms with Gasteiger partial charge >= 0.3 is 12.0 Å². The normalized spacial score (nSPS) is 9.65. The third-order valence-electron chi connectivity index (χ3n) is 1.78. The third-order valence-corrected chi connectivity index (χ3v) is 2.61. The van der Waals surface area contributed by atoms with Crippen LogP contribution in [0.1, 0.15) is 16.8 Å². The van der Waals surface area contributed by atoms with Gasteiger partial charge in [0.05, 0.1) is 5.56 Å². The van der Waals surface area contributed by atoms with Gasteiger partial charge in [0.15, 0.2) is 0 Å². The molecule has 8 heteroatoms. The molecular weight excluding hydrogens is 246 g/mol. The van der Waals surface area contributed by atoms with Gasteiger partial charge in [0.25, 0.3) is 0 Å². The van der Waals surface area contributed by atoms with Crippen molar-refractivity contribution in [1.29, 1.82) is 0 Å². The first-order valence-corrected chi connectivity index (χ1v) is 5.52. The lowest BCUT2D eigenvalue weighted by molar-refractivity contribution is -0.117. The van der Waals surface area contributed by atoms with Crippen LogP contribution in [0.3, 0.4) is 0 Å². The van der Waals surface area contributed by atoms with Crippen molar-refractivity contribution in [2.24, 2.45) is 5.73 Å². The molecular formula is C9H11N3O4S. The molecule has 0 aliphatic carbocycles. The number of anilines is 1. The van der Waals surface area contributed by atoms with Gasteiger partial charge in [-0.1, -0.05) is 0 Å². The Labute approximate surface area is 101 Å². The molecule has 0 unspecified atom stereocenters. The molecule has 0 aromatic carbocycles. The molecule has 5 N–H and O–H groups in total. The van der Waals surface area contributed by atoms with Crippen LogP contribution in [0, 0.1) is 0 Å². The van der Waals surface area contributed by atoms with Gasteiger partial charge in [-0.25, -0.2) is 9.59 Å². The number of aromatic carboxylic acids is 1. The summed E-state index contributed by atoms with van der Waals surface area (Å²) in [5.74, 6) is -1.63. The maximum atomic E-state index is 11.3. The second kappa shape index (κ2) is 5.85. The molecule has 3 amide bonds. The third kappa shape index (κ3) is 4.11. The predicted octanol–water partition coefficient (Wildman–Crippen LogP) is 0.443. The Bertz CT molecular complexity index is 443. The average molecular weight is 257 g/mol. The van der Waals surface area contributed by atoms with E-state index in [0.29, 0.717) is 0 Å². The van der Waals surface area contributed by atoms with E-state index in [0.717, 1.165) is 11.3 Å². The number of nitrogens with one attached hydrogen (secondary N) is 2. The molecule has 0 atom stereocenters. The number of thiophene rings is 1. The highest BCUT2D eigenvalue weighted by molar-refractivity contribution is 7.14. The van der Waals surface area contributed by atoms with Crippen LogP contribution in [0.25, 0.3) is 0 Å². The van der Waals surface area contributed by atoms with Crippen LogP contribution in [0.5, 0.6) is 0 Å². The van der Waals surface area contributed by atoms with Crippen LogP contribution in [-0.2, 0) is 4.79 Å². The van der Waals surface area contributed by atoms with Gasteiger partial charge in [0.1, 0.15) is 5.00 Å². The highest BCUT2D eigenvalue weighted by atomic mass is 32.1. The minimum Gasteiger partial charge on any atom is -0.478 e. The lowest BCUT2D eigenvalue weighted by Gasteiger charge is -2.05. The largest absolute Gasteiger partial charge is 0.478 e. The van der Waals surface area contributed by atoms with Crippen molar-refractivity contribution >= 4 is 34.2 Å². The van der Waals surface area contributed by atoms with Crippen molar-refractivity contribution in [2.45, 2.75) is 6.42 Å². The Morgan fingerprint density at radius 3 is 2.71 bits per heavy atom. The lowest BCUT2D eigenvalue weighted by Crippen LogP contribution is -2.31. The van der Waals surface area contributed by atoms with Crippen molar-refractivity contribution in [2.75, 3.05) is 11.9 Å².